The maximum Gasteiger partial charge on any atom is 0.0871 e. The molecule has 1 aliphatic carbocycles. The molecule has 13 heavy (non-hydrogen) atoms. The molecule has 1 atom stereocenters. The Balaban J connectivity index is 2.55. The van der Waals surface area contributed by atoms with Crippen molar-refractivity contribution in [3.63, 3.8) is 0 Å². The Labute approximate surface area is 79.4 Å². The van der Waals surface area contributed by atoms with Crippen molar-refractivity contribution >= 4 is 0 Å². The first kappa shape index (κ1) is 8.76. The maximum absolute atomic E-state index is 10.2. The van der Waals surface area contributed by atoms with E-state index < -0.39 is 5.60 Å². The quantitative estimate of drug-likeness (QED) is 0.644. The Morgan fingerprint density at radius 2 is 2.15 bits per heavy atom. The molecule has 70 valence electrons. The van der Waals surface area contributed by atoms with Crippen molar-refractivity contribution in [1.29, 1.82) is 0 Å². The van der Waals surface area contributed by atoms with E-state index in [1.54, 1.807) is 0 Å². The van der Waals surface area contributed by atoms with Crippen molar-refractivity contribution in [2.75, 3.05) is 0 Å². The summed E-state index contributed by atoms with van der Waals surface area (Å²) in [6, 6.07) is 6.40. The minimum atomic E-state index is -0.598. The van der Waals surface area contributed by atoms with Gasteiger partial charge in [-0.1, -0.05) is 23.8 Å². The highest BCUT2D eigenvalue weighted by molar-refractivity contribution is 5.37. The summed E-state index contributed by atoms with van der Waals surface area (Å²) in [6.07, 6.45) is 3.11. The Bertz CT molecular complexity index is 326. The minimum Gasteiger partial charge on any atom is -0.385 e. The van der Waals surface area contributed by atoms with Gasteiger partial charge in [0.1, 0.15) is 0 Å². The first-order valence-corrected chi connectivity index (χ1v) is 4.92. The summed E-state index contributed by atoms with van der Waals surface area (Å²) in [5, 5.41) is 10.2. The van der Waals surface area contributed by atoms with Gasteiger partial charge in [0.05, 0.1) is 5.60 Å². The highest BCUT2D eigenvalue weighted by Crippen LogP contribution is 2.35. The molecule has 1 aromatic carbocycles. The first-order chi connectivity index (χ1) is 6.09. The molecule has 0 saturated carbocycles. The second-order valence-electron chi connectivity index (χ2n) is 4.29. The Morgan fingerprint density at radius 3 is 2.92 bits per heavy atom. The second-order valence-corrected chi connectivity index (χ2v) is 4.29. The van der Waals surface area contributed by atoms with Crippen molar-refractivity contribution in [1.82, 2.24) is 0 Å². The van der Waals surface area contributed by atoms with Crippen LogP contribution in [0.1, 0.15) is 36.5 Å². The molecule has 1 nitrogen and oxygen atoms in total. The number of hydrogen-bond acceptors (Lipinski definition) is 1. The molecule has 0 aromatic heterocycles. The van der Waals surface area contributed by atoms with Gasteiger partial charge in [-0.25, -0.2) is 0 Å². The summed E-state index contributed by atoms with van der Waals surface area (Å²) in [5.74, 6) is 0. The van der Waals surface area contributed by atoms with Crippen LogP contribution in [-0.2, 0) is 12.0 Å². The van der Waals surface area contributed by atoms with Crippen molar-refractivity contribution in [3.8, 4) is 0 Å². The predicted molar refractivity (Wildman–Crippen MR) is 53.7 cm³/mol. The van der Waals surface area contributed by atoms with Crippen LogP contribution >= 0.6 is 0 Å². The molecule has 0 bridgehead atoms. The molecule has 1 unspecified atom stereocenters. The third-order valence-corrected chi connectivity index (χ3v) is 2.96. The number of benzene rings is 1. The van der Waals surface area contributed by atoms with Crippen molar-refractivity contribution in [3.05, 3.63) is 34.9 Å². The van der Waals surface area contributed by atoms with E-state index in [1.807, 2.05) is 6.92 Å². The van der Waals surface area contributed by atoms with Gasteiger partial charge in [-0.15, -0.1) is 0 Å². The predicted octanol–water partition coefficient (Wildman–Crippen LogP) is 2.54. The lowest BCUT2D eigenvalue weighted by atomic mass is 9.80. The molecule has 1 aromatic rings. The van der Waals surface area contributed by atoms with E-state index in [2.05, 4.69) is 25.1 Å². The molecular formula is C12H16O. The standard InChI is InChI=1S/C12H16O/c1-9-5-6-10-4-3-7-12(2,13)11(10)8-9/h5-6,8,13H,3-4,7H2,1-2H3. The molecule has 0 heterocycles. The molecule has 0 spiro atoms. The lowest BCUT2D eigenvalue weighted by Crippen LogP contribution is -2.26. The van der Waals surface area contributed by atoms with E-state index in [1.165, 1.54) is 11.1 Å². The Morgan fingerprint density at radius 1 is 1.38 bits per heavy atom. The molecule has 0 radical (unpaired) electrons. The molecule has 1 N–H and O–H groups in total. The smallest absolute Gasteiger partial charge is 0.0871 e. The van der Waals surface area contributed by atoms with Crippen LogP contribution in [-0.4, -0.2) is 5.11 Å². The fourth-order valence-electron chi connectivity index (χ4n) is 2.17. The van der Waals surface area contributed by atoms with Gasteiger partial charge in [-0.05, 0) is 44.2 Å². The van der Waals surface area contributed by atoms with Gasteiger partial charge in [-0.2, -0.15) is 0 Å². The van der Waals surface area contributed by atoms with Crippen LogP contribution in [0.4, 0.5) is 0 Å². The van der Waals surface area contributed by atoms with Crippen LogP contribution in [0.5, 0.6) is 0 Å². The van der Waals surface area contributed by atoms with E-state index in [0.29, 0.717) is 0 Å². The SMILES string of the molecule is Cc1ccc2c(c1)C(C)(O)CCC2. The second kappa shape index (κ2) is 2.85. The number of aryl methyl sites for hydroxylation is 2. The van der Waals surface area contributed by atoms with Crippen molar-refractivity contribution in [2.24, 2.45) is 0 Å². The van der Waals surface area contributed by atoms with E-state index in [9.17, 15) is 5.11 Å². The topological polar surface area (TPSA) is 20.2 Å². The average Bonchev–Trinajstić information content (AvgIpc) is 2.06. The highest BCUT2D eigenvalue weighted by atomic mass is 16.3. The number of aliphatic hydroxyl groups is 1. The van der Waals surface area contributed by atoms with Crippen molar-refractivity contribution in [2.45, 2.75) is 38.7 Å². The van der Waals surface area contributed by atoms with Gasteiger partial charge >= 0.3 is 0 Å². The molecule has 1 aliphatic rings. The Kier molecular flexibility index (Phi) is 1.92. The molecule has 1 heteroatoms. The van der Waals surface area contributed by atoms with Crippen LogP contribution < -0.4 is 0 Å². The van der Waals surface area contributed by atoms with Crippen LogP contribution in [0.25, 0.3) is 0 Å². The summed E-state index contributed by atoms with van der Waals surface area (Å²) in [7, 11) is 0. The fraction of sp³-hybridized carbons (Fsp3) is 0.500. The van der Waals surface area contributed by atoms with E-state index in [0.717, 1.165) is 24.8 Å². The van der Waals surface area contributed by atoms with Crippen LogP contribution in [0.15, 0.2) is 18.2 Å². The van der Waals surface area contributed by atoms with Gasteiger partial charge in [0.15, 0.2) is 0 Å². The third-order valence-electron chi connectivity index (χ3n) is 2.96. The summed E-state index contributed by atoms with van der Waals surface area (Å²) >= 11 is 0. The van der Waals surface area contributed by atoms with Crippen LogP contribution in [0.2, 0.25) is 0 Å². The first-order valence-electron chi connectivity index (χ1n) is 4.92. The third kappa shape index (κ3) is 1.49. The molecule has 2 rings (SSSR count). The highest BCUT2D eigenvalue weighted by Gasteiger charge is 2.28. The molecule has 0 aliphatic heterocycles. The summed E-state index contributed by atoms with van der Waals surface area (Å²) in [5.41, 5.74) is 3.10. The molecule has 0 fully saturated rings. The van der Waals surface area contributed by atoms with Gasteiger partial charge in [-0.3, -0.25) is 0 Å². The average molecular weight is 176 g/mol. The molecule has 0 saturated heterocycles. The number of fused-ring (bicyclic) bond motifs is 1. The van der Waals surface area contributed by atoms with E-state index in [-0.39, 0.29) is 0 Å². The van der Waals surface area contributed by atoms with Gasteiger partial charge in [0.25, 0.3) is 0 Å². The zero-order valence-electron chi connectivity index (χ0n) is 8.30. The van der Waals surface area contributed by atoms with Crippen molar-refractivity contribution < 1.29 is 5.11 Å². The monoisotopic (exact) mass is 176 g/mol. The van der Waals surface area contributed by atoms with Gasteiger partial charge in [0, 0.05) is 0 Å². The largest absolute Gasteiger partial charge is 0.385 e. The van der Waals surface area contributed by atoms with Crippen LogP contribution in [0.3, 0.4) is 0 Å². The fourth-order valence-corrected chi connectivity index (χ4v) is 2.17. The lowest BCUT2D eigenvalue weighted by Gasteiger charge is -2.31. The normalized spacial score (nSPS) is 27.0. The minimum absolute atomic E-state index is 0.598. The zero-order chi connectivity index (χ0) is 9.47. The molecular weight excluding hydrogens is 160 g/mol. The Hall–Kier alpha value is -0.820. The summed E-state index contributed by atoms with van der Waals surface area (Å²) in [4.78, 5) is 0. The van der Waals surface area contributed by atoms with Gasteiger partial charge < -0.3 is 5.11 Å². The molecule has 0 amide bonds. The van der Waals surface area contributed by atoms with Gasteiger partial charge in [0.2, 0.25) is 0 Å². The van der Waals surface area contributed by atoms with E-state index >= 15 is 0 Å². The zero-order valence-corrected chi connectivity index (χ0v) is 8.30. The number of hydrogen-bond donors (Lipinski definition) is 1. The lowest BCUT2D eigenvalue weighted by molar-refractivity contribution is 0.0386. The maximum atomic E-state index is 10.2. The summed E-state index contributed by atoms with van der Waals surface area (Å²) in [6.45, 7) is 4.00. The van der Waals surface area contributed by atoms with Crippen LogP contribution in [0, 0.1) is 6.92 Å². The summed E-state index contributed by atoms with van der Waals surface area (Å²) < 4.78 is 0. The number of rotatable bonds is 0. The van der Waals surface area contributed by atoms with E-state index in [4.69, 9.17) is 0 Å².